The van der Waals surface area contributed by atoms with Gasteiger partial charge in [0, 0.05) is 10.1 Å². The summed E-state index contributed by atoms with van der Waals surface area (Å²) in [5.74, 6) is 0. The van der Waals surface area contributed by atoms with Crippen LogP contribution in [0.4, 0.5) is 0 Å². The number of fused-ring (bicyclic) bond motifs is 11. The number of benzene rings is 13. The quantitative estimate of drug-likeness (QED) is 0.120. The second-order valence-corrected chi connectivity index (χ2v) is 33.1. The molecule has 0 amide bonds. The lowest BCUT2D eigenvalue weighted by atomic mass is 9.79. The van der Waals surface area contributed by atoms with Crippen molar-refractivity contribution in [2.24, 2.45) is 0 Å². The summed E-state index contributed by atoms with van der Waals surface area (Å²) < 4.78 is 1.16. The normalized spacial score (nSPS) is 15.9. The standard InChI is InChI=1S/C57H40.C48H31Br.C9H9BO2/c1-4-13-39(14-5-1)48-34-50-51(35-49(48)40-15-6-2-7-16-40)56-53(41-17-8-3-9-18-41)54(46-29-26-37-20-11-23-43(37)32-46)55(47-30-27-38-21-12-24-44(38)33-47)57(56)52(50)45-28-25-36-19-10-22-42(36)31-45;49-48-42-29-40(33-15-6-2-7-16-33)39(32-13-4-1-5-14-32)28-41(42)46-43(34-17-8-3-9-18-34)44(36-26-25-30-19-10-22-35(30)27-36)45(47(46)48)38-24-12-21-31-20-11-23-37(31)38;11-10(12)9-5-4-7-2-1-3-8(7)6-9/h1-18,22-25,27-28,30-35H,19-21,26,29H2;1-18,20-22,24-29H,19,23H2;1,3-6,11-12H,2H2. The van der Waals surface area contributed by atoms with Crippen molar-refractivity contribution in [2.75, 3.05) is 0 Å². The monoisotopic (exact) mass is 1570 g/mol. The van der Waals surface area contributed by atoms with Crippen LogP contribution in [0.3, 0.4) is 0 Å². The van der Waals surface area contributed by atoms with E-state index < -0.39 is 7.12 Å². The minimum Gasteiger partial charge on any atom is -0.423 e. The molecule has 2 N–H and O–H groups in total. The lowest BCUT2D eigenvalue weighted by Crippen LogP contribution is -2.29. The first-order chi connectivity index (χ1) is 58.3. The number of rotatable bonds is 12. The number of halogens is 1. The molecule has 0 saturated heterocycles. The van der Waals surface area contributed by atoms with Gasteiger partial charge in [-0.1, -0.05) is 339 Å². The van der Waals surface area contributed by atoms with Gasteiger partial charge in [-0.15, -0.1) is 0 Å². The minimum atomic E-state index is -1.36. The maximum atomic E-state index is 8.89. The third kappa shape index (κ3) is 12.3. The highest BCUT2D eigenvalue weighted by Crippen LogP contribution is 2.65. The molecule has 11 aliphatic carbocycles. The van der Waals surface area contributed by atoms with Crippen molar-refractivity contribution in [2.45, 2.75) is 51.4 Å². The second kappa shape index (κ2) is 29.8. The van der Waals surface area contributed by atoms with Gasteiger partial charge in [0.15, 0.2) is 0 Å². The molecule has 0 bridgehead atoms. The molecule has 118 heavy (non-hydrogen) atoms. The molecule has 4 heteroatoms. The Kier molecular flexibility index (Phi) is 18.0. The van der Waals surface area contributed by atoms with Crippen LogP contribution >= 0.6 is 15.9 Å². The van der Waals surface area contributed by atoms with Crippen molar-refractivity contribution in [1.29, 1.82) is 0 Å². The van der Waals surface area contributed by atoms with Gasteiger partial charge in [-0.2, -0.15) is 0 Å². The highest BCUT2D eigenvalue weighted by atomic mass is 79.9. The van der Waals surface area contributed by atoms with Crippen LogP contribution in [-0.4, -0.2) is 17.2 Å². The van der Waals surface area contributed by atoms with Gasteiger partial charge in [-0.3, -0.25) is 0 Å². The Balaban J connectivity index is 0.000000126. The Hall–Kier alpha value is -13.3. The molecule has 24 rings (SSSR count). The van der Waals surface area contributed by atoms with Crippen molar-refractivity contribution in [3.8, 4) is 44.5 Å². The molecule has 0 spiro atoms. The average molecular weight is 1570 g/mol. The highest BCUT2D eigenvalue weighted by Gasteiger charge is 2.44. The summed E-state index contributed by atoms with van der Waals surface area (Å²) in [5, 5.41) is 17.8. The van der Waals surface area contributed by atoms with Crippen molar-refractivity contribution in [3.05, 3.63) is 491 Å². The molecule has 0 unspecified atom stereocenters. The van der Waals surface area contributed by atoms with Crippen LogP contribution < -0.4 is 5.46 Å². The Morgan fingerprint density at radius 1 is 0.237 bits per heavy atom. The van der Waals surface area contributed by atoms with E-state index in [0.29, 0.717) is 5.46 Å². The van der Waals surface area contributed by atoms with E-state index in [0.717, 1.165) is 61.4 Å². The summed E-state index contributed by atoms with van der Waals surface area (Å²) in [4.78, 5) is 0. The molecule has 0 heterocycles. The zero-order valence-corrected chi connectivity index (χ0v) is 66.9. The third-order valence-corrected chi connectivity index (χ3v) is 26.4. The predicted molar refractivity (Wildman–Crippen MR) is 501 cm³/mol. The van der Waals surface area contributed by atoms with Gasteiger partial charge in [-0.25, -0.2) is 0 Å². The summed E-state index contributed by atoms with van der Waals surface area (Å²) in [6.07, 6.45) is 37.8. The molecule has 2 nitrogen and oxygen atoms in total. The smallest absolute Gasteiger partial charge is 0.423 e. The minimum absolute atomic E-state index is 0.556. The summed E-state index contributed by atoms with van der Waals surface area (Å²) in [5.41, 5.74) is 55.8. The van der Waals surface area contributed by atoms with E-state index in [-0.39, 0.29) is 0 Å². The molecular formula is C114H80BBrO2. The number of hydrogen-bond acceptors (Lipinski definition) is 2. The summed E-state index contributed by atoms with van der Waals surface area (Å²) in [7, 11) is -1.36. The van der Waals surface area contributed by atoms with E-state index in [1.54, 1.807) is 11.6 Å². The molecule has 0 atom stereocenters. The first-order valence-electron chi connectivity index (χ1n) is 41.6. The summed E-state index contributed by atoms with van der Waals surface area (Å²) in [6, 6.07) is 110. The van der Waals surface area contributed by atoms with Gasteiger partial charge in [0.1, 0.15) is 0 Å². The highest BCUT2D eigenvalue weighted by molar-refractivity contribution is 9.15. The first kappa shape index (κ1) is 71.2. The Bertz CT molecular complexity index is 6920. The third-order valence-electron chi connectivity index (χ3n) is 25.6. The molecule has 13 aromatic rings. The zero-order chi connectivity index (χ0) is 78.5. The van der Waals surface area contributed by atoms with E-state index >= 15 is 0 Å². The molecule has 0 radical (unpaired) electrons. The van der Waals surface area contributed by atoms with Gasteiger partial charge >= 0.3 is 7.12 Å². The topological polar surface area (TPSA) is 40.5 Å². The van der Waals surface area contributed by atoms with Gasteiger partial charge in [0.2, 0.25) is 0 Å². The zero-order valence-electron chi connectivity index (χ0n) is 65.3. The van der Waals surface area contributed by atoms with Crippen LogP contribution in [0.2, 0.25) is 0 Å². The van der Waals surface area contributed by atoms with E-state index in [1.807, 2.05) is 18.2 Å². The first-order valence-corrected chi connectivity index (χ1v) is 42.3. The lowest BCUT2D eigenvalue weighted by Gasteiger charge is -2.23. The number of hydrogen-bond donors (Lipinski definition) is 2. The van der Waals surface area contributed by atoms with Crippen LogP contribution in [0.25, 0.3) is 124 Å². The summed E-state index contributed by atoms with van der Waals surface area (Å²) >= 11 is 4.28. The van der Waals surface area contributed by atoms with Crippen LogP contribution in [0.15, 0.2) is 379 Å². The molecule has 13 aromatic carbocycles. The molecule has 0 saturated carbocycles. The fourth-order valence-corrected chi connectivity index (χ4v) is 20.8. The van der Waals surface area contributed by atoms with E-state index in [9.17, 15) is 0 Å². The Morgan fingerprint density at radius 3 is 1.10 bits per heavy atom. The van der Waals surface area contributed by atoms with Gasteiger partial charge in [-0.05, 0) is 338 Å². The van der Waals surface area contributed by atoms with Crippen molar-refractivity contribution < 1.29 is 10.0 Å². The largest absolute Gasteiger partial charge is 0.488 e. The van der Waals surface area contributed by atoms with Crippen LogP contribution in [-0.2, 0) is 32.1 Å². The van der Waals surface area contributed by atoms with Gasteiger partial charge in [0.25, 0.3) is 0 Å². The molecule has 558 valence electrons. The molecular weight excluding hydrogens is 1490 g/mol. The van der Waals surface area contributed by atoms with E-state index in [1.165, 1.54) is 223 Å². The average Bonchev–Trinajstić information content (AvgIpc) is 1.53. The van der Waals surface area contributed by atoms with E-state index in [4.69, 9.17) is 10.0 Å². The van der Waals surface area contributed by atoms with Gasteiger partial charge < -0.3 is 10.0 Å². The molecule has 0 aromatic heterocycles. The van der Waals surface area contributed by atoms with Gasteiger partial charge in [0.05, 0.1) is 0 Å². The fourth-order valence-electron chi connectivity index (χ4n) is 20.1. The Morgan fingerprint density at radius 2 is 0.610 bits per heavy atom. The fraction of sp³-hybridized carbons (Fsp3) is 0.0702. The predicted octanol–water partition coefficient (Wildman–Crippen LogP) is 27.1. The van der Waals surface area contributed by atoms with E-state index in [2.05, 4.69) is 368 Å². The van der Waals surface area contributed by atoms with Crippen molar-refractivity contribution in [1.82, 2.24) is 0 Å². The summed E-state index contributed by atoms with van der Waals surface area (Å²) in [6.45, 7) is 0. The molecule has 11 aliphatic rings. The Labute approximate surface area is 699 Å². The molecule has 0 aliphatic heterocycles. The molecule has 0 fully saturated rings. The van der Waals surface area contributed by atoms with Crippen LogP contribution in [0.5, 0.6) is 0 Å². The van der Waals surface area contributed by atoms with Crippen LogP contribution in [0.1, 0.15) is 131 Å². The lowest BCUT2D eigenvalue weighted by molar-refractivity contribution is 0.425. The maximum absolute atomic E-state index is 8.89. The van der Waals surface area contributed by atoms with Crippen molar-refractivity contribution in [3.63, 3.8) is 0 Å². The number of allylic oxidation sites excluding steroid dienone is 21. The second-order valence-electron chi connectivity index (χ2n) is 32.3. The maximum Gasteiger partial charge on any atom is 0.488 e. The SMILES string of the molecule is BrC1=C2C(=C(c3ccccc3)C(c3ccc4c(c3)C=CC4)=C2c2cccc3c2CC=C3)c2cc(-c3ccccc3)c(-c3ccccc3)cc21.C1=CC2=C(C1)CCC(C1=C(c3ccc4c(c3)C=CC4)C3=C(c4ccc5c(c4)C=CC5)c4cc(-c5ccccc5)c(-c5ccccc5)cc4C3=C1c1ccccc1)=C2.OB(O)c1ccc2c(c1)C=CC2. The van der Waals surface area contributed by atoms with Crippen molar-refractivity contribution >= 4 is 108 Å². The van der Waals surface area contributed by atoms with Crippen LogP contribution in [0, 0.1) is 0 Å².